The van der Waals surface area contributed by atoms with Gasteiger partial charge in [0, 0.05) is 15.7 Å². The SMILES string of the molecule is Cc1ccc(C)c(OC(=O)c2ccc(NC3=C(Cl)C(=O)N(c4cc(Cl)cc(Cl)c4)C3=O)cc2)c1. The maximum atomic E-state index is 12.9. The number of hydrogen-bond acceptors (Lipinski definition) is 5. The van der Waals surface area contributed by atoms with Crippen LogP contribution in [0.5, 0.6) is 5.75 Å². The molecule has 1 aliphatic heterocycles. The maximum absolute atomic E-state index is 12.9. The minimum absolute atomic E-state index is 0.103. The molecule has 2 amide bonds. The van der Waals surface area contributed by atoms with Crippen molar-refractivity contribution in [2.75, 3.05) is 10.2 Å². The number of carbonyl (C=O) groups is 3. The van der Waals surface area contributed by atoms with Gasteiger partial charge in [-0.2, -0.15) is 0 Å². The van der Waals surface area contributed by atoms with Gasteiger partial charge in [0.2, 0.25) is 0 Å². The number of esters is 1. The van der Waals surface area contributed by atoms with Crippen LogP contribution in [0.25, 0.3) is 0 Å². The van der Waals surface area contributed by atoms with Crippen molar-refractivity contribution < 1.29 is 19.1 Å². The average Bonchev–Trinajstić information content (AvgIpc) is 2.99. The van der Waals surface area contributed by atoms with Crippen molar-refractivity contribution in [3.05, 3.63) is 98.1 Å². The highest BCUT2D eigenvalue weighted by molar-refractivity contribution is 6.53. The second kappa shape index (κ2) is 9.50. The van der Waals surface area contributed by atoms with E-state index in [9.17, 15) is 14.4 Å². The number of nitrogens with one attached hydrogen (secondary N) is 1. The third-order valence-corrected chi connectivity index (χ3v) is 5.86. The molecule has 172 valence electrons. The summed E-state index contributed by atoms with van der Waals surface area (Å²) in [5.74, 6) is -1.40. The van der Waals surface area contributed by atoms with Gasteiger partial charge < -0.3 is 10.1 Å². The number of nitrogens with zero attached hydrogens (tertiary/aromatic N) is 1. The van der Waals surface area contributed by atoms with Gasteiger partial charge in [0.05, 0.1) is 11.3 Å². The van der Waals surface area contributed by atoms with E-state index in [0.717, 1.165) is 16.0 Å². The lowest BCUT2D eigenvalue weighted by Gasteiger charge is -2.16. The molecule has 1 N–H and O–H groups in total. The van der Waals surface area contributed by atoms with Crippen molar-refractivity contribution in [1.82, 2.24) is 0 Å². The van der Waals surface area contributed by atoms with Crippen LogP contribution in [0.3, 0.4) is 0 Å². The van der Waals surface area contributed by atoms with E-state index in [1.165, 1.54) is 18.2 Å². The number of carbonyl (C=O) groups excluding carboxylic acids is 3. The van der Waals surface area contributed by atoms with Crippen LogP contribution in [0.15, 0.2) is 71.4 Å². The quantitative estimate of drug-likeness (QED) is 0.246. The van der Waals surface area contributed by atoms with Gasteiger partial charge in [-0.3, -0.25) is 9.59 Å². The lowest BCUT2D eigenvalue weighted by molar-refractivity contribution is -0.120. The summed E-state index contributed by atoms with van der Waals surface area (Å²) in [5.41, 5.74) is 2.68. The van der Waals surface area contributed by atoms with Crippen molar-refractivity contribution in [2.24, 2.45) is 0 Å². The van der Waals surface area contributed by atoms with Crippen molar-refractivity contribution in [3.63, 3.8) is 0 Å². The van der Waals surface area contributed by atoms with Gasteiger partial charge in [-0.15, -0.1) is 0 Å². The minimum Gasteiger partial charge on any atom is -0.423 e. The molecular formula is C25H17Cl3N2O4. The topological polar surface area (TPSA) is 75.7 Å². The van der Waals surface area contributed by atoms with Crippen molar-refractivity contribution in [3.8, 4) is 5.75 Å². The summed E-state index contributed by atoms with van der Waals surface area (Å²) in [5, 5.41) is 3.11. The van der Waals surface area contributed by atoms with Crippen LogP contribution in [0.4, 0.5) is 11.4 Å². The van der Waals surface area contributed by atoms with Gasteiger partial charge >= 0.3 is 5.97 Å². The summed E-state index contributed by atoms with van der Waals surface area (Å²) >= 11 is 18.2. The van der Waals surface area contributed by atoms with Crippen molar-refractivity contribution in [1.29, 1.82) is 0 Å². The number of amides is 2. The molecule has 0 spiro atoms. The highest BCUT2D eigenvalue weighted by Crippen LogP contribution is 2.33. The highest BCUT2D eigenvalue weighted by atomic mass is 35.5. The largest absolute Gasteiger partial charge is 0.423 e. The summed E-state index contributed by atoms with van der Waals surface area (Å²) in [6.07, 6.45) is 0. The lowest BCUT2D eigenvalue weighted by Crippen LogP contribution is -2.32. The molecule has 6 nitrogen and oxygen atoms in total. The van der Waals surface area contributed by atoms with E-state index < -0.39 is 17.8 Å². The summed E-state index contributed by atoms with van der Waals surface area (Å²) < 4.78 is 5.50. The first-order valence-corrected chi connectivity index (χ1v) is 11.2. The van der Waals surface area contributed by atoms with Gasteiger partial charge in [0.15, 0.2) is 0 Å². The van der Waals surface area contributed by atoms with E-state index >= 15 is 0 Å². The fraction of sp³-hybridized carbons (Fsp3) is 0.0800. The third kappa shape index (κ3) is 4.80. The first kappa shape index (κ1) is 23.8. The molecule has 0 aliphatic carbocycles. The summed E-state index contributed by atoms with van der Waals surface area (Å²) in [6.45, 7) is 3.77. The molecule has 0 saturated carbocycles. The number of aryl methyl sites for hydroxylation is 2. The van der Waals surface area contributed by atoms with Crippen LogP contribution in [-0.2, 0) is 9.59 Å². The Morgan fingerprint density at radius 3 is 2.15 bits per heavy atom. The molecule has 0 radical (unpaired) electrons. The third-order valence-electron chi connectivity index (χ3n) is 5.07. The number of hydrogen-bond donors (Lipinski definition) is 1. The molecule has 1 aliphatic rings. The fourth-order valence-corrected chi connectivity index (χ4v) is 4.05. The predicted molar refractivity (Wildman–Crippen MR) is 133 cm³/mol. The Labute approximate surface area is 210 Å². The Kier molecular flexibility index (Phi) is 6.66. The van der Waals surface area contributed by atoms with Crippen LogP contribution in [-0.4, -0.2) is 17.8 Å². The van der Waals surface area contributed by atoms with E-state index in [2.05, 4.69) is 5.32 Å². The first-order chi connectivity index (χ1) is 16.1. The van der Waals surface area contributed by atoms with Gasteiger partial charge in [-0.1, -0.05) is 46.9 Å². The molecule has 9 heteroatoms. The number of anilines is 2. The van der Waals surface area contributed by atoms with Crippen LogP contribution in [0.2, 0.25) is 10.0 Å². The molecule has 0 unspecified atom stereocenters. The Balaban J connectivity index is 1.50. The Bertz CT molecular complexity index is 1350. The monoisotopic (exact) mass is 514 g/mol. The Hall–Kier alpha value is -3.32. The zero-order valence-electron chi connectivity index (χ0n) is 18.0. The van der Waals surface area contributed by atoms with Crippen LogP contribution >= 0.6 is 34.8 Å². The molecular weight excluding hydrogens is 499 g/mol. The minimum atomic E-state index is -0.707. The van der Waals surface area contributed by atoms with E-state index in [-0.39, 0.29) is 26.5 Å². The maximum Gasteiger partial charge on any atom is 0.343 e. The molecule has 0 saturated heterocycles. The number of imide groups is 1. The van der Waals surface area contributed by atoms with E-state index in [0.29, 0.717) is 17.0 Å². The summed E-state index contributed by atoms with van der Waals surface area (Å²) in [7, 11) is 0. The van der Waals surface area contributed by atoms with Crippen LogP contribution < -0.4 is 15.0 Å². The van der Waals surface area contributed by atoms with Crippen LogP contribution in [0.1, 0.15) is 21.5 Å². The molecule has 4 rings (SSSR count). The molecule has 0 atom stereocenters. The predicted octanol–water partition coefficient (Wildman–Crippen LogP) is 6.27. The van der Waals surface area contributed by atoms with Gasteiger partial charge in [0.1, 0.15) is 16.5 Å². The lowest BCUT2D eigenvalue weighted by atomic mass is 10.1. The highest BCUT2D eigenvalue weighted by Gasteiger charge is 2.39. The number of rotatable bonds is 5. The normalized spacial score (nSPS) is 13.5. The van der Waals surface area contributed by atoms with Crippen molar-refractivity contribution >= 4 is 64.0 Å². The molecule has 1 heterocycles. The smallest absolute Gasteiger partial charge is 0.343 e. The van der Waals surface area contributed by atoms with E-state index in [1.54, 1.807) is 30.3 Å². The second-order valence-electron chi connectivity index (χ2n) is 7.62. The molecule has 0 aromatic heterocycles. The molecule has 0 fully saturated rings. The van der Waals surface area contributed by atoms with Gasteiger partial charge in [-0.25, -0.2) is 9.69 Å². The average molecular weight is 516 g/mol. The molecule has 3 aromatic carbocycles. The van der Waals surface area contributed by atoms with Crippen molar-refractivity contribution in [2.45, 2.75) is 13.8 Å². The Morgan fingerprint density at radius 2 is 1.50 bits per heavy atom. The summed E-state index contributed by atoms with van der Waals surface area (Å²) in [4.78, 5) is 39.0. The molecule has 3 aromatic rings. The molecule has 0 bridgehead atoms. The van der Waals surface area contributed by atoms with Gasteiger partial charge in [0.25, 0.3) is 11.8 Å². The summed E-state index contributed by atoms with van der Waals surface area (Å²) in [6, 6.07) is 16.2. The van der Waals surface area contributed by atoms with Gasteiger partial charge in [-0.05, 0) is 73.5 Å². The van der Waals surface area contributed by atoms with E-state index in [1.807, 2.05) is 26.0 Å². The van der Waals surface area contributed by atoms with E-state index in [4.69, 9.17) is 39.5 Å². The van der Waals surface area contributed by atoms with Crippen LogP contribution in [0, 0.1) is 13.8 Å². The molecule has 34 heavy (non-hydrogen) atoms. The number of ether oxygens (including phenoxy) is 1. The zero-order chi connectivity index (χ0) is 24.6. The Morgan fingerprint density at radius 1 is 0.853 bits per heavy atom. The number of benzene rings is 3. The number of halogens is 3. The first-order valence-electron chi connectivity index (χ1n) is 10.0. The zero-order valence-corrected chi connectivity index (χ0v) is 20.3. The standard InChI is InChI=1S/C25H17Cl3N2O4/c1-13-3-4-14(2)20(9-13)34-25(33)15-5-7-18(8-6-15)29-22-21(28)23(31)30(24(22)32)19-11-16(26)10-17(27)12-19/h3-12,29H,1-2H3. The second-order valence-corrected chi connectivity index (χ2v) is 8.87. The fourth-order valence-electron chi connectivity index (χ4n) is 3.32.